The number of hydrogen-bond acceptors (Lipinski definition) is 3. The summed E-state index contributed by atoms with van der Waals surface area (Å²) in [4.78, 5) is 19.1. The summed E-state index contributed by atoms with van der Waals surface area (Å²) in [5.74, 6) is 0. The summed E-state index contributed by atoms with van der Waals surface area (Å²) in [6.07, 6.45) is 6.26. The third-order valence-corrected chi connectivity index (χ3v) is 9.33. The van der Waals surface area contributed by atoms with Crippen LogP contribution in [0, 0.1) is 0 Å². The number of aromatic nitrogens is 1. The van der Waals surface area contributed by atoms with Crippen LogP contribution in [0.1, 0.15) is 29.5 Å². The summed E-state index contributed by atoms with van der Waals surface area (Å²) >= 11 is 0. The lowest BCUT2D eigenvalue weighted by Gasteiger charge is -2.15. The molecule has 0 atom stereocenters. The molecule has 0 radical (unpaired) electrons. The highest BCUT2D eigenvalue weighted by Crippen LogP contribution is 2.38. The normalized spacial score (nSPS) is 15.9. The van der Waals surface area contributed by atoms with Crippen molar-refractivity contribution >= 4 is 60.5 Å². The van der Waals surface area contributed by atoms with Crippen LogP contribution in [0.15, 0.2) is 172 Å². The molecule has 0 saturated heterocycles. The molecule has 4 heteroatoms. The van der Waals surface area contributed by atoms with E-state index in [-0.39, 0.29) is 5.63 Å². The van der Waals surface area contributed by atoms with Gasteiger partial charge in [0, 0.05) is 38.5 Å². The predicted octanol–water partition coefficient (Wildman–Crippen LogP) is 10.8. The van der Waals surface area contributed by atoms with Crippen LogP contribution in [0.4, 0.5) is 0 Å². The predicted molar refractivity (Wildman–Crippen MR) is 199 cm³/mol. The van der Waals surface area contributed by atoms with E-state index in [1.165, 1.54) is 0 Å². The fourth-order valence-corrected chi connectivity index (χ4v) is 7.11. The monoisotopic (exact) mass is 618 g/mol. The van der Waals surface area contributed by atoms with Crippen molar-refractivity contribution in [1.82, 2.24) is 4.57 Å². The van der Waals surface area contributed by atoms with Crippen LogP contribution in [0.2, 0.25) is 0 Å². The molecule has 0 bridgehead atoms. The lowest BCUT2D eigenvalue weighted by Crippen LogP contribution is -2.05. The molecule has 1 aliphatic rings. The zero-order valence-electron chi connectivity index (χ0n) is 26.1. The molecular weight excluding hydrogens is 588 g/mol. The Morgan fingerprint density at radius 2 is 1.29 bits per heavy atom. The van der Waals surface area contributed by atoms with Crippen LogP contribution in [0.25, 0.3) is 60.5 Å². The summed E-state index contributed by atoms with van der Waals surface area (Å²) in [7, 11) is 0. The fraction of sp³-hybridized carbons (Fsp3) is 0.0455. The van der Waals surface area contributed by atoms with Crippen LogP contribution in [0.5, 0.6) is 0 Å². The van der Waals surface area contributed by atoms with Crippen molar-refractivity contribution < 1.29 is 4.42 Å². The van der Waals surface area contributed by atoms with E-state index >= 15 is 0 Å². The fourth-order valence-electron chi connectivity index (χ4n) is 7.11. The molecule has 6 aromatic carbocycles. The van der Waals surface area contributed by atoms with Gasteiger partial charge in [0.1, 0.15) is 5.58 Å². The molecule has 0 saturated carbocycles. The van der Waals surface area contributed by atoms with E-state index in [0.717, 1.165) is 84.8 Å². The van der Waals surface area contributed by atoms with Crippen molar-refractivity contribution in [2.24, 2.45) is 4.99 Å². The summed E-state index contributed by atoms with van der Waals surface area (Å²) in [6.45, 7) is 0. The highest BCUT2D eigenvalue weighted by molar-refractivity contribution is 6.22. The number of para-hydroxylation sites is 2. The molecular formula is C44H30N2O2. The Morgan fingerprint density at radius 1 is 0.604 bits per heavy atom. The first-order valence-corrected chi connectivity index (χ1v) is 16.3. The molecule has 0 N–H and O–H groups in total. The number of allylic oxidation sites excluding steroid dienone is 3. The topological polar surface area (TPSA) is 47.5 Å². The number of hydrogen-bond donors (Lipinski definition) is 0. The molecule has 3 heterocycles. The van der Waals surface area contributed by atoms with Gasteiger partial charge in [-0.1, -0.05) is 127 Å². The van der Waals surface area contributed by atoms with Crippen LogP contribution in [-0.4, -0.2) is 10.3 Å². The van der Waals surface area contributed by atoms with Gasteiger partial charge in [0.25, 0.3) is 0 Å². The van der Waals surface area contributed by atoms with Crippen LogP contribution >= 0.6 is 0 Å². The van der Waals surface area contributed by atoms with Crippen molar-refractivity contribution in [3.8, 4) is 5.69 Å². The Hall–Kier alpha value is -6.26. The first kappa shape index (κ1) is 28.0. The lowest BCUT2D eigenvalue weighted by atomic mass is 9.97. The maximum Gasteiger partial charge on any atom is 0.346 e. The van der Waals surface area contributed by atoms with Crippen LogP contribution < -0.4 is 5.63 Å². The molecule has 4 nitrogen and oxygen atoms in total. The number of nitrogens with zero attached hydrogens (tertiary/aromatic N) is 2. The highest BCUT2D eigenvalue weighted by Gasteiger charge is 2.20. The minimum atomic E-state index is -0.341. The second kappa shape index (κ2) is 11.5. The van der Waals surface area contributed by atoms with Crippen molar-refractivity contribution in [2.75, 3.05) is 0 Å². The zero-order valence-corrected chi connectivity index (χ0v) is 26.1. The number of fused-ring (bicyclic) bond motifs is 7. The zero-order chi connectivity index (χ0) is 32.0. The van der Waals surface area contributed by atoms with Crippen LogP contribution in [-0.2, 0) is 0 Å². The van der Waals surface area contributed by atoms with Crippen molar-refractivity contribution in [1.29, 1.82) is 0 Å². The molecule has 0 amide bonds. The molecule has 48 heavy (non-hydrogen) atoms. The minimum Gasteiger partial charge on any atom is -0.422 e. The van der Waals surface area contributed by atoms with E-state index in [9.17, 15) is 4.79 Å². The smallest absolute Gasteiger partial charge is 0.346 e. The van der Waals surface area contributed by atoms with Gasteiger partial charge in [0.05, 0.1) is 22.1 Å². The Kier molecular flexibility index (Phi) is 6.72. The van der Waals surface area contributed by atoms with Gasteiger partial charge >= 0.3 is 5.63 Å². The Morgan fingerprint density at radius 3 is 2.12 bits per heavy atom. The Bertz CT molecular complexity index is 2680. The largest absolute Gasteiger partial charge is 0.422 e. The number of aliphatic imine (C=N–C) groups is 1. The molecule has 0 spiro atoms. The van der Waals surface area contributed by atoms with E-state index in [0.29, 0.717) is 11.0 Å². The third-order valence-electron chi connectivity index (χ3n) is 9.33. The highest BCUT2D eigenvalue weighted by atomic mass is 16.4. The van der Waals surface area contributed by atoms with E-state index in [2.05, 4.69) is 114 Å². The average Bonchev–Trinajstić information content (AvgIpc) is 3.47. The molecule has 0 unspecified atom stereocenters. The van der Waals surface area contributed by atoms with Crippen LogP contribution in [0.3, 0.4) is 0 Å². The average molecular weight is 619 g/mol. The molecule has 1 aliphatic heterocycles. The van der Waals surface area contributed by atoms with E-state index in [4.69, 9.17) is 9.41 Å². The van der Waals surface area contributed by atoms with Gasteiger partial charge in [-0.05, 0) is 59.9 Å². The van der Waals surface area contributed by atoms with E-state index in [1.807, 2.05) is 48.5 Å². The summed E-state index contributed by atoms with van der Waals surface area (Å²) in [5.41, 5.74) is 9.45. The quantitative estimate of drug-likeness (QED) is 0.146. The molecule has 0 aliphatic carbocycles. The Labute approximate surface area is 277 Å². The van der Waals surface area contributed by atoms with Gasteiger partial charge in [0.15, 0.2) is 0 Å². The third kappa shape index (κ3) is 4.69. The van der Waals surface area contributed by atoms with Gasteiger partial charge in [-0.3, -0.25) is 4.99 Å². The van der Waals surface area contributed by atoms with E-state index < -0.39 is 0 Å². The lowest BCUT2D eigenvalue weighted by molar-refractivity contribution is 0.570. The molecule has 2 aromatic heterocycles. The summed E-state index contributed by atoms with van der Waals surface area (Å²) in [6, 6.07) is 49.7. The van der Waals surface area contributed by atoms with Gasteiger partial charge in [0.2, 0.25) is 0 Å². The first-order valence-electron chi connectivity index (χ1n) is 16.3. The van der Waals surface area contributed by atoms with Crippen molar-refractivity contribution in [3.63, 3.8) is 0 Å². The molecule has 8 aromatic rings. The van der Waals surface area contributed by atoms with Gasteiger partial charge in [-0.2, -0.15) is 0 Å². The standard InChI is InChI=1S/C44H30N2O2/c47-44-42-36(35-21-8-10-24-41(35)48-44)25-26-37-34-20-7-9-23-40(34)46(43(37)42)33-19-11-18-32(27-33)39-28-31(29-13-3-1-4-14-29)17-12-22-38(45-39)30-15-5-2-6-16-30/h1-11,13-21,23-28H,12,22H2/b31-17+,39-28-,45-38?. The van der Waals surface area contributed by atoms with E-state index in [1.54, 1.807) is 0 Å². The minimum absolute atomic E-state index is 0.341. The maximum absolute atomic E-state index is 13.8. The maximum atomic E-state index is 13.8. The second-order valence-electron chi connectivity index (χ2n) is 12.2. The molecule has 228 valence electrons. The van der Waals surface area contributed by atoms with Crippen molar-refractivity contribution in [3.05, 3.63) is 185 Å². The van der Waals surface area contributed by atoms with Gasteiger partial charge in [-0.25, -0.2) is 4.79 Å². The van der Waals surface area contributed by atoms with Gasteiger partial charge in [-0.15, -0.1) is 0 Å². The number of benzene rings is 6. The summed E-state index contributed by atoms with van der Waals surface area (Å²) < 4.78 is 8.13. The number of rotatable bonds is 4. The van der Waals surface area contributed by atoms with Gasteiger partial charge < -0.3 is 8.98 Å². The first-order chi connectivity index (χ1) is 23.7. The second-order valence-corrected chi connectivity index (χ2v) is 12.2. The SMILES string of the molecule is O=c1oc2ccccc2c2ccc3c4ccccc4n(-c4cccc(/C5=C/C(c6ccccc6)=C\CCC(c6ccccc6)=N5)c4)c3c12. The molecule has 9 rings (SSSR count). The summed E-state index contributed by atoms with van der Waals surface area (Å²) in [5, 5.41) is 4.47. The Balaban J connectivity index is 1.31. The van der Waals surface area contributed by atoms with Crippen molar-refractivity contribution in [2.45, 2.75) is 12.8 Å². The molecule has 0 fully saturated rings.